The summed E-state index contributed by atoms with van der Waals surface area (Å²) in [5.74, 6) is 1.75. The molecular formula is C16H17N7S. The molecule has 0 spiro atoms. The lowest BCUT2D eigenvalue weighted by Crippen LogP contribution is -2.46. The highest BCUT2D eigenvalue weighted by atomic mass is 32.1. The maximum Gasteiger partial charge on any atom is 0.205 e. The minimum atomic E-state index is 0.842. The molecule has 4 rings (SSSR count). The van der Waals surface area contributed by atoms with Crippen molar-refractivity contribution in [3.63, 3.8) is 0 Å². The van der Waals surface area contributed by atoms with E-state index < -0.39 is 0 Å². The minimum absolute atomic E-state index is 0.842. The second-order valence-corrected chi connectivity index (χ2v) is 6.35. The van der Waals surface area contributed by atoms with Gasteiger partial charge in [-0.3, -0.25) is 4.98 Å². The van der Waals surface area contributed by atoms with Crippen LogP contribution in [0.1, 0.15) is 5.82 Å². The Labute approximate surface area is 144 Å². The number of pyridine rings is 1. The van der Waals surface area contributed by atoms with Gasteiger partial charge in [0.1, 0.15) is 5.82 Å². The first-order valence-corrected chi connectivity index (χ1v) is 8.61. The van der Waals surface area contributed by atoms with Gasteiger partial charge in [0.05, 0.1) is 5.69 Å². The van der Waals surface area contributed by atoms with E-state index in [1.165, 1.54) is 11.5 Å². The van der Waals surface area contributed by atoms with Crippen LogP contribution in [0.2, 0.25) is 0 Å². The van der Waals surface area contributed by atoms with E-state index in [1.807, 2.05) is 31.2 Å². The number of aryl methyl sites for hydroxylation is 1. The van der Waals surface area contributed by atoms with E-state index >= 15 is 0 Å². The molecule has 4 heterocycles. The van der Waals surface area contributed by atoms with E-state index in [-0.39, 0.29) is 0 Å². The summed E-state index contributed by atoms with van der Waals surface area (Å²) in [6, 6.07) is 7.92. The second kappa shape index (κ2) is 6.48. The third kappa shape index (κ3) is 3.05. The first-order valence-electron chi connectivity index (χ1n) is 7.84. The molecule has 1 saturated heterocycles. The summed E-state index contributed by atoms with van der Waals surface area (Å²) < 4.78 is 4.26. The molecule has 0 bridgehead atoms. The summed E-state index contributed by atoms with van der Waals surface area (Å²) in [5.41, 5.74) is 1.82. The maximum absolute atomic E-state index is 4.46. The number of anilines is 2. The van der Waals surface area contributed by atoms with Crippen LogP contribution in [0.25, 0.3) is 11.3 Å². The van der Waals surface area contributed by atoms with Crippen LogP contribution in [-0.4, -0.2) is 50.7 Å². The van der Waals surface area contributed by atoms with Gasteiger partial charge in [-0.2, -0.15) is 4.37 Å². The quantitative estimate of drug-likeness (QED) is 0.723. The van der Waals surface area contributed by atoms with Gasteiger partial charge < -0.3 is 9.80 Å². The van der Waals surface area contributed by atoms with Crippen molar-refractivity contribution in [3.8, 4) is 11.3 Å². The van der Waals surface area contributed by atoms with Crippen molar-refractivity contribution in [2.75, 3.05) is 36.0 Å². The van der Waals surface area contributed by atoms with Crippen molar-refractivity contribution >= 4 is 22.5 Å². The highest BCUT2D eigenvalue weighted by Crippen LogP contribution is 2.22. The fourth-order valence-corrected chi connectivity index (χ4v) is 3.43. The molecular weight excluding hydrogens is 322 g/mol. The van der Waals surface area contributed by atoms with Gasteiger partial charge in [-0.15, -0.1) is 10.2 Å². The summed E-state index contributed by atoms with van der Waals surface area (Å²) in [6.07, 6.45) is 3.55. The van der Waals surface area contributed by atoms with Gasteiger partial charge >= 0.3 is 0 Å². The van der Waals surface area contributed by atoms with Gasteiger partial charge in [-0.05, 0) is 31.2 Å². The lowest BCUT2D eigenvalue weighted by Gasteiger charge is -2.34. The molecule has 1 fully saturated rings. The summed E-state index contributed by atoms with van der Waals surface area (Å²) in [5, 5.41) is 9.73. The smallest absolute Gasteiger partial charge is 0.205 e. The topological polar surface area (TPSA) is 70.9 Å². The molecule has 0 aliphatic carbocycles. The molecule has 0 amide bonds. The fourth-order valence-electron chi connectivity index (χ4n) is 2.70. The average molecular weight is 339 g/mol. The fraction of sp³-hybridized carbons (Fsp3) is 0.312. The van der Waals surface area contributed by atoms with Crippen molar-refractivity contribution in [1.82, 2.24) is 24.5 Å². The van der Waals surface area contributed by atoms with Crippen molar-refractivity contribution < 1.29 is 0 Å². The molecule has 0 radical (unpaired) electrons. The van der Waals surface area contributed by atoms with Gasteiger partial charge in [0.15, 0.2) is 5.82 Å². The first-order chi connectivity index (χ1) is 11.8. The Morgan fingerprint density at radius 2 is 1.83 bits per heavy atom. The summed E-state index contributed by atoms with van der Waals surface area (Å²) in [6.45, 7) is 5.57. The van der Waals surface area contributed by atoms with Crippen LogP contribution in [0.4, 0.5) is 10.9 Å². The van der Waals surface area contributed by atoms with Crippen molar-refractivity contribution in [2.45, 2.75) is 6.92 Å². The lowest BCUT2D eigenvalue weighted by molar-refractivity contribution is 0.642. The Bertz CT molecular complexity index is 795. The predicted molar refractivity (Wildman–Crippen MR) is 94.3 cm³/mol. The summed E-state index contributed by atoms with van der Waals surface area (Å²) >= 11 is 1.47. The maximum atomic E-state index is 4.46. The van der Waals surface area contributed by atoms with Crippen LogP contribution in [-0.2, 0) is 0 Å². The SMILES string of the molecule is Cc1nsc(N2CCN(c3ccc(-c4cccnc4)nn3)CC2)n1. The van der Waals surface area contributed by atoms with Crippen molar-refractivity contribution in [1.29, 1.82) is 0 Å². The third-order valence-electron chi connectivity index (χ3n) is 4.00. The normalized spacial score (nSPS) is 14.9. The molecule has 8 heteroatoms. The summed E-state index contributed by atoms with van der Waals surface area (Å²) in [7, 11) is 0. The molecule has 1 aliphatic heterocycles. The largest absolute Gasteiger partial charge is 0.352 e. The molecule has 0 aromatic carbocycles. The number of rotatable bonds is 3. The van der Waals surface area contributed by atoms with Gasteiger partial charge in [0.2, 0.25) is 5.13 Å². The molecule has 1 aliphatic rings. The van der Waals surface area contributed by atoms with Crippen molar-refractivity contribution in [2.24, 2.45) is 0 Å². The molecule has 0 saturated carbocycles. The number of hydrogen-bond acceptors (Lipinski definition) is 8. The monoisotopic (exact) mass is 339 g/mol. The molecule has 7 nitrogen and oxygen atoms in total. The summed E-state index contributed by atoms with van der Waals surface area (Å²) in [4.78, 5) is 13.1. The molecule has 0 atom stereocenters. The Balaban J connectivity index is 1.42. The van der Waals surface area contributed by atoms with Gasteiger partial charge in [0.25, 0.3) is 0 Å². The Kier molecular flexibility index (Phi) is 4.04. The second-order valence-electron chi connectivity index (χ2n) is 5.62. The zero-order chi connectivity index (χ0) is 16.4. The number of piperazine rings is 1. The van der Waals surface area contributed by atoms with Gasteiger partial charge in [0, 0.05) is 55.7 Å². The van der Waals surface area contributed by atoms with E-state index in [2.05, 4.69) is 34.3 Å². The lowest BCUT2D eigenvalue weighted by atomic mass is 10.2. The highest BCUT2D eigenvalue weighted by molar-refractivity contribution is 7.09. The van der Waals surface area contributed by atoms with Gasteiger partial charge in [-0.1, -0.05) is 0 Å². The van der Waals surface area contributed by atoms with E-state index in [4.69, 9.17) is 0 Å². The molecule has 0 N–H and O–H groups in total. The van der Waals surface area contributed by atoms with Crippen LogP contribution in [0.5, 0.6) is 0 Å². The molecule has 3 aromatic rings. The number of aromatic nitrogens is 5. The van der Waals surface area contributed by atoms with E-state index in [9.17, 15) is 0 Å². The van der Waals surface area contributed by atoms with E-state index in [0.29, 0.717) is 0 Å². The number of hydrogen-bond donors (Lipinski definition) is 0. The van der Waals surface area contributed by atoms with Crippen molar-refractivity contribution in [3.05, 3.63) is 42.5 Å². The molecule has 3 aromatic heterocycles. The Hall–Kier alpha value is -2.61. The number of nitrogens with zero attached hydrogens (tertiary/aromatic N) is 7. The predicted octanol–water partition coefficient (Wildman–Crippen LogP) is 2.03. The van der Waals surface area contributed by atoms with Crippen LogP contribution < -0.4 is 9.80 Å². The van der Waals surface area contributed by atoms with E-state index in [1.54, 1.807) is 12.4 Å². The minimum Gasteiger partial charge on any atom is -0.352 e. The first kappa shape index (κ1) is 14.9. The van der Waals surface area contributed by atoms with Gasteiger partial charge in [-0.25, -0.2) is 4.98 Å². The van der Waals surface area contributed by atoms with E-state index in [0.717, 1.165) is 54.2 Å². The Morgan fingerprint density at radius 3 is 2.46 bits per heavy atom. The zero-order valence-corrected chi connectivity index (χ0v) is 14.1. The average Bonchev–Trinajstić information content (AvgIpc) is 3.09. The van der Waals surface area contributed by atoms with Crippen LogP contribution in [0, 0.1) is 6.92 Å². The molecule has 0 unspecified atom stereocenters. The van der Waals surface area contributed by atoms with Crippen LogP contribution in [0.15, 0.2) is 36.7 Å². The highest BCUT2D eigenvalue weighted by Gasteiger charge is 2.20. The zero-order valence-electron chi connectivity index (χ0n) is 13.3. The van der Waals surface area contributed by atoms with Crippen LogP contribution in [0.3, 0.4) is 0 Å². The van der Waals surface area contributed by atoms with Crippen LogP contribution >= 0.6 is 11.5 Å². The Morgan fingerprint density at radius 1 is 1.00 bits per heavy atom. The molecule has 24 heavy (non-hydrogen) atoms. The third-order valence-corrected chi connectivity index (χ3v) is 4.87. The standard InChI is InChI=1S/C16H17N7S/c1-12-18-16(24-21-12)23-9-7-22(8-10-23)15-5-4-14(19-20-15)13-3-2-6-17-11-13/h2-6,11H,7-10H2,1H3. The molecule has 122 valence electrons.